The molecule has 0 heterocycles. The number of allylic oxidation sites excluding steroid dienone is 1. The molecule has 39 heavy (non-hydrogen) atoms. The van der Waals surface area contributed by atoms with Crippen LogP contribution in [0.3, 0.4) is 0 Å². The van der Waals surface area contributed by atoms with Crippen LogP contribution in [0.5, 0.6) is 0 Å². The topological polar surface area (TPSA) is 77.8 Å². The lowest BCUT2D eigenvalue weighted by atomic mass is 9.40. The Morgan fingerprint density at radius 2 is 1.64 bits per heavy atom. The SMILES string of the molecule is C=C(CCC(C(=O)O)C1C(O)CC2(C)C1(C)CC1CC3C4(C)CCC(O)C(C)(C)C4CC(C)CC32C1)C(C)C. The molecule has 0 saturated heterocycles. The van der Waals surface area contributed by atoms with Crippen LogP contribution in [-0.2, 0) is 4.79 Å². The minimum atomic E-state index is -0.739. The summed E-state index contributed by atoms with van der Waals surface area (Å²) in [5.74, 6) is 1.06. The van der Waals surface area contributed by atoms with Gasteiger partial charge >= 0.3 is 5.97 Å². The molecule has 0 amide bonds. The van der Waals surface area contributed by atoms with Crippen LogP contribution in [0.15, 0.2) is 12.2 Å². The molecule has 5 saturated carbocycles. The lowest BCUT2D eigenvalue weighted by molar-refractivity contribution is -0.175. The van der Waals surface area contributed by atoms with Gasteiger partial charge in [0.05, 0.1) is 18.1 Å². The molecule has 4 heteroatoms. The highest BCUT2D eigenvalue weighted by molar-refractivity contribution is 5.71. The molecule has 5 fully saturated rings. The summed E-state index contributed by atoms with van der Waals surface area (Å²) in [6, 6.07) is 0. The highest BCUT2D eigenvalue weighted by atomic mass is 16.4. The zero-order chi connectivity index (χ0) is 28.9. The molecular weight excluding hydrogens is 484 g/mol. The maximum absolute atomic E-state index is 12.9. The zero-order valence-electron chi connectivity index (χ0n) is 26.2. The van der Waals surface area contributed by atoms with Gasteiger partial charge in [-0.3, -0.25) is 4.79 Å². The summed E-state index contributed by atoms with van der Waals surface area (Å²) in [4.78, 5) is 12.9. The van der Waals surface area contributed by atoms with Crippen LogP contribution >= 0.6 is 0 Å². The number of carboxylic acids is 1. The standard InChI is InChI=1S/C35H58O4/c1-20(2)22(4)10-11-24(30(38)39)29-25(36)19-34(9)33(29,8)17-23-15-27-32(7)13-12-28(37)31(5,6)26(32)14-21(3)16-35(27,34)18-23/h20-21,23-29,36-37H,4,10-19H2,1-3,5-9H3,(H,38,39). The summed E-state index contributed by atoms with van der Waals surface area (Å²) in [7, 11) is 0. The predicted octanol–water partition coefficient (Wildman–Crippen LogP) is 7.72. The first-order valence-electron chi connectivity index (χ1n) is 16.2. The number of fused-ring (bicyclic) bond motifs is 4. The lowest BCUT2D eigenvalue weighted by Crippen LogP contribution is -2.59. The molecule has 2 bridgehead atoms. The van der Waals surface area contributed by atoms with Crippen molar-refractivity contribution in [1.82, 2.24) is 0 Å². The summed E-state index contributed by atoms with van der Waals surface area (Å²) in [6.45, 7) is 23.0. The van der Waals surface area contributed by atoms with Gasteiger partial charge in [-0.25, -0.2) is 0 Å². The van der Waals surface area contributed by atoms with E-state index < -0.39 is 18.0 Å². The summed E-state index contributed by atoms with van der Waals surface area (Å²) < 4.78 is 0. The van der Waals surface area contributed by atoms with E-state index in [9.17, 15) is 20.1 Å². The first-order chi connectivity index (χ1) is 17.9. The van der Waals surface area contributed by atoms with E-state index in [-0.39, 0.29) is 39.1 Å². The number of hydrogen-bond donors (Lipinski definition) is 3. The van der Waals surface area contributed by atoms with Crippen molar-refractivity contribution in [2.45, 2.75) is 132 Å². The second kappa shape index (κ2) is 9.32. The van der Waals surface area contributed by atoms with Crippen molar-refractivity contribution >= 4 is 5.97 Å². The molecule has 0 aromatic heterocycles. The Kier molecular flexibility index (Phi) is 7.07. The third-order valence-electron chi connectivity index (χ3n) is 14.7. The first-order valence-corrected chi connectivity index (χ1v) is 16.2. The molecule has 1 spiro atoms. The summed E-state index contributed by atoms with van der Waals surface area (Å²) in [5.41, 5.74) is 0.997. The monoisotopic (exact) mass is 542 g/mol. The maximum atomic E-state index is 12.9. The molecule has 3 N–H and O–H groups in total. The van der Waals surface area contributed by atoms with E-state index in [0.717, 1.165) is 44.1 Å². The molecule has 0 radical (unpaired) electrons. The third-order valence-corrected chi connectivity index (χ3v) is 14.7. The molecule has 222 valence electrons. The number of rotatable bonds is 6. The van der Waals surface area contributed by atoms with Crippen molar-refractivity contribution in [2.75, 3.05) is 0 Å². The Balaban J connectivity index is 1.58. The van der Waals surface area contributed by atoms with Crippen molar-refractivity contribution in [2.24, 2.45) is 68.5 Å². The summed E-state index contributed by atoms with van der Waals surface area (Å²) in [5, 5.41) is 33.6. The summed E-state index contributed by atoms with van der Waals surface area (Å²) in [6.07, 6.45) is 9.03. The molecule has 0 aromatic rings. The van der Waals surface area contributed by atoms with Gasteiger partial charge in [-0.05, 0) is 121 Å². The first kappa shape index (κ1) is 29.6. The Labute approximate surface area is 238 Å². The largest absolute Gasteiger partial charge is 0.481 e. The Hall–Kier alpha value is -0.870. The molecule has 0 aromatic carbocycles. The number of aliphatic carboxylic acids is 1. The second-order valence-electron chi connectivity index (χ2n) is 17.0. The fourth-order valence-electron chi connectivity index (χ4n) is 12.7. The van der Waals surface area contributed by atoms with E-state index in [2.05, 4.69) is 62.0 Å². The lowest BCUT2D eigenvalue weighted by Gasteiger charge is -2.64. The number of aliphatic hydroxyl groups excluding tert-OH is 2. The van der Waals surface area contributed by atoms with Crippen LogP contribution in [0.4, 0.5) is 0 Å². The van der Waals surface area contributed by atoms with E-state index >= 15 is 0 Å². The van der Waals surface area contributed by atoms with Gasteiger partial charge in [0.25, 0.3) is 0 Å². The van der Waals surface area contributed by atoms with E-state index in [1.807, 2.05) is 0 Å². The number of aliphatic hydroxyl groups is 2. The highest BCUT2D eigenvalue weighted by Gasteiger charge is 2.77. The minimum absolute atomic E-state index is 0.0986. The number of carboxylic acid groups (broad SMARTS) is 1. The molecule has 12 atom stereocenters. The number of hydrogen-bond acceptors (Lipinski definition) is 3. The van der Waals surface area contributed by atoms with Crippen LogP contribution in [0.25, 0.3) is 0 Å². The van der Waals surface area contributed by atoms with E-state index in [4.69, 9.17) is 0 Å². The van der Waals surface area contributed by atoms with Crippen LogP contribution in [-0.4, -0.2) is 33.5 Å². The number of carbonyl (C=O) groups is 1. The predicted molar refractivity (Wildman–Crippen MR) is 157 cm³/mol. The van der Waals surface area contributed by atoms with Crippen LogP contribution in [0.1, 0.15) is 120 Å². The zero-order valence-corrected chi connectivity index (χ0v) is 26.2. The van der Waals surface area contributed by atoms with Gasteiger partial charge in [0.1, 0.15) is 0 Å². The minimum Gasteiger partial charge on any atom is -0.481 e. The van der Waals surface area contributed by atoms with Gasteiger partial charge in [-0.1, -0.05) is 67.5 Å². The second-order valence-corrected chi connectivity index (χ2v) is 17.0. The summed E-state index contributed by atoms with van der Waals surface area (Å²) >= 11 is 0. The quantitative estimate of drug-likeness (QED) is 0.300. The molecule has 5 aliphatic carbocycles. The molecule has 4 nitrogen and oxygen atoms in total. The van der Waals surface area contributed by atoms with Crippen molar-refractivity contribution < 1.29 is 20.1 Å². The normalized spacial score (nSPS) is 51.0. The van der Waals surface area contributed by atoms with Crippen molar-refractivity contribution in [3.8, 4) is 0 Å². The Bertz CT molecular complexity index is 1000. The van der Waals surface area contributed by atoms with Gasteiger partial charge in [-0.15, -0.1) is 0 Å². The highest BCUT2D eigenvalue weighted by Crippen LogP contribution is 2.82. The van der Waals surface area contributed by atoms with Gasteiger partial charge < -0.3 is 15.3 Å². The Morgan fingerprint density at radius 3 is 2.26 bits per heavy atom. The average Bonchev–Trinajstić information content (AvgIpc) is 3.23. The van der Waals surface area contributed by atoms with Crippen molar-refractivity contribution in [3.63, 3.8) is 0 Å². The van der Waals surface area contributed by atoms with Crippen molar-refractivity contribution in [3.05, 3.63) is 12.2 Å². The molecular formula is C35H58O4. The average molecular weight is 543 g/mol. The van der Waals surface area contributed by atoms with E-state index in [1.165, 1.54) is 19.3 Å². The van der Waals surface area contributed by atoms with Gasteiger partial charge in [-0.2, -0.15) is 0 Å². The fraction of sp³-hybridized carbons (Fsp3) is 0.914. The molecule has 5 rings (SSSR count). The fourth-order valence-corrected chi connectivity index (χ4v) is 12.7. The van der Waals surface area contributed by atoms with Gasteiger partial charge in [0.15, 0.2) is 0 Å². The van der Waals surface area contributed by atoms with Gasteiger partial charge in [0, 0.05) is 5.92 Å². The smallest absolute Gasteiger partial charge is 0.306 e. The molecule has 5 aliphatic rings. The third kappa shape index (κ3) is 3.92. The van der Waals surface area contributed by atoms with E-state index in [1.54, 1.807) is 0 Å². The van der Waals surface area contributed by atoms with E-state index in [0.29, 0.717) is 36.0 Å². The maximum Gasteiger partial charge on any atom is 0.306 e. The van der Waals surface area contributed by atoms with Crippen LogP contribution in [0.2, 0.25) is 0 Å². The molecule has 0 aliphatic heterocycles. The van der Waals surface area contributed by atoms with Crippen molar-refractivity contribution in [1.29, 1.82) is 0 Å². The van der Waals surface area contributed by atoms with Crippen LogP contribution in [0, 0.1) is 68.5 Å². The molecule has 12 unspecified atom stereocenters. The van der Waals surface area contributed by atoms with Gasteiger partial charge in [0.2, 0.25) is 0 Å². The van der Waals surface area contributed by atoms with Crippen LogP contribution < -0.4 is 0 Å². The Morgan fingerprint density at radius 1 is 0.974 bits per heavy atom.